The Morgan fingerprint density at radius 2 is 2.00 bits per heavy atom. The first-order valence-electron chi connectivity index (χ1n) is 2.90. The van der Waals surface area contributed by atoms with Gasteiger partial charge in [0.15, 0.2) is 5.82 Å². The lowest BCUT2D eigenvalue weighted by atomic mass is 10.4. The second-order valence-electron chi connectivity index (χ2n) is 2.00. The summed E-state index contributed by atoms with van der Waals surface area (Å²) in [5.74, 6) is 0.850. The van der Waals surface area contributed by atoms with E-state index in [-0.39, 0.29) is 0 Å². The van der Waals surface area contributed by atoms with Crippen LogP contribution >= 0.6 is 11.5 Å². The van der Waals surface area contributed by atoms with E-state index in [0.29, 0.717) is 17.2 Å². The molecular weight excluding hydrogens is 162 g/mol. The molecule has 0 bridgehead atoms. The molecule has 0 unspecified atom stereocenters. The highest BCUT2D eigenvalue weighted by Gasteiger charge is 2.06. The number of hydrogen-bond acceptors (Lipinski definition) is 6. The van der Waals surface area contributed by atoms with Crippen molar-refractivity contribution in [1.29, 1.82) is 0 Å². The number of nitrogens with zero attached hydrogens (tertiary/aromatic N) is 3. The first kappa shape index (κ1) is 6.29. The monoisotopic (exact) mass is 167 g/mol. The molecule has 0 aromatic carbocycles. The number of aromatic nitrogens is 3. The van der Waals surface area contributed by atoms with Gasteiger partial charge in [-0.3, -0.25) is 0 Å². The zero-order valence-corrected chi connectivity index (χ0v) is 6.30. The van der Waals surface area contributed by atoms with Crippen molar-refractivity contribution in [2.24, 2.45) is 0 Å². The molecular formula is C5H5N5S. The van der Waals surface area contributed by atoms with E-state index in [4.69, 9.17) is 11.5 Å². The van der Waals surface area contributed by atoms with E-state index in [1.165, 1.54) is 17.9 Å². The Balaban J connectivity index is 2.94. The third-order valence-electron chi connectivity index (χ3n) is 1.31. The first-order chi connectivity index (χ1) is 5.29. The van der Waals surface area contributed by atoms with Gasteiger partial charge in [-0.25, -0.2) is 9.97 Å². The zero-order valence-electron chi connectivity index (χ0n) is 5.48. The Bertz CT molecular complexity index is 395. The van der Waals surface area contributed by atoms with Gasteiger partial charge in [-0.1, -0.05) is 0 Å². The third-order valence-corrected chi connectivity index (χ3v) is 2.18. The summed E-state index contributed by atoms with van der Waals surface area (Å²) in [6.45, 7) is 0. The van der Waals surface area contributed by atoms with Crippen LogP contribution in [-0.4, -0.2) is 14.3 Å². The Labute approximate surface area is 66.2 Å². The van der Waals surface area contributed by atoms with Crippen LogP contribution in [0.5, 0.6) is 0 Å². The van der Waals surface area contributed by atoms with Crippen molar-refractivity contribution in [3.63, 3.8) is 0 Å². The highest BCUT2D eigenvalue weighted by molar-refractivity contribution is 7.14. The molecule has 0 saturated heterocycles. The van der Waals surface area contributed by atoms with Crippen molar-refractivity contribution in [2.75, 3.05) is 11.5 Å². The van der Waals surface area contributed by atoms with Gasteiger partial charge in [0.2, 0.25) is 0 Å². The number of hydrogen-bond donors (Lipinski definition) is 2. The molecule has 0 amide bonds. The zero-order chi connectivity index (χ0) is 7.84. The van der Waals surface area contributed by atoms with Gasteiger partial charge in [0.1, 0.15) is 22.4 Å². The molecule has 0 aliphatic carbocycles. The van der Waals surface area contributed by atoms with Crippen LogP contribution in [0.2, 0.25) is 0 Å². The average Bonchev–Trinajstić information content (AvgIpc) is 2.35. The highest BCUT2D eigenvalue weighted by Crippen LogP contribution is 2.24. The van der Waals surface area contributed by atoms with E-state index in [0.717, 1.165) is 4.70 Å². The lowest BCUT2D eigenvalue weighted by molar-refractivity contribution is 1.24. The molecule has 2 rings (SSSR count). The van der Waals surface area contributed by atoms with Crippen LogP contribution < -0.4 is 11.5 Å². The molecule has 11 heavy (non-hydrogen) atoms. The minimum atomic E-state index is 0.416. The summed E-state index contributed by atoms with van der Waals surface area (Å²) in [5, 5.41) is 0. The van der Waals surface area contributed by atoms with Crippen molar-refractivity contribution in [2.45, 2.75) is 0 Å². The highest BCUT2D eigenvalue weighted by atomic mass is 32.1. The molecule has 0 fully saturated rings. The topological polar surface area (TPSA) is 90.7 Å². The fraction of sp³-hybridized carbons (Fsp3) is 0. The van der Waals surface area contributed by atoms with Crippen molar-refractivity contribution in [3.8, 4) is 0 Å². The quantitative estimate of drug-likeness (QED) is 0.587. The molecule has 0 aliphatic rings. The normalized spacial score (nSPS) is 10.5. The average molecular weight is 167 g/mol. The van der Waals surface area contributed by atoms with E-state index in [2.05, 4.69) is 14.3 Å². The number of nitrogen functional groups attached to an aromatic ring is 2. The maximum atomic E-state index is 5.53. The van der Waals surface area contributed by atoms with Crippen LogP contribution in [0.1, 0.15) is 0 Å². The molecule has 0 radical (unpaired) electrons. The van der Waals surface area contributed by atoms with Gasteiger partial charge >= 0.3 is 0 Å². The maximum absolute atomic E-state index is 5.53. The predicted molar refractivity (Wildman–Crippen MR) is 44.0 cm³/mol. The van der Waals surface area contributed by atoms with E-state index in [1.54, 1.807) is 0 Å². The third kappa shape index (κ3) is 0.795. The van der Waals surface area contributed by atoms with Gasteiger partial charge in [-0.2, -0.15) is 4.37 Å². The van der Waals surface area contributed by atoms with E-state index in [9.17, 15) is 0 Å². The lowest BCUT2D eigenvalue weighted by Crippen LogP contribution is -1.91. The van der Waals surface area contributed by atoms with E-state index in [1.807, 2.05) is 0 Å². The summed E-state index contributed by atoms with van der Waals surface area (Å²) in [5.41, 5.74) is 11.7. The molecule has 2 aromatic heterocycles. The fourth-order valence-electron chi connectivity index (χ4n) is 0.798. The van der Waals surface area contributed by atoms with Gasteiger partial charge < -0.3 is 11.5 Å². The molecule has 0 saturated carbocycles. The van der Waals surface area contributed by atoms with Crippen molar-refractivity contribution in [1.82, 2.24) is 14.3 Å². The second kappa shape index (κ2) is 2.03. The van der Waals surface area contributed by atoms with Crippen molar-refractivity contribution in [3.05, 3.63) is 6.33 Å². The Morgan fingerprint density at radius 3 is 2.73 bits per heavy atom. The Morgan fingerprint density at radius 1 is 1.18 bits per heavy atom. The summed E-state index contributed by atoms with van der Waals surface area (Å²) >= 11 is 1.22. The minimum absolute atomic E-state index is 0.416. The number of rotatable bonds is 0. The second-order valence-corrected chi connectivity index (χ2v) is 2.78. The fourth-order valence-corrected chi connectivity index (χ4v) is 1.46. The summed E-state index contributed by atoms with van der Waals surface area (Å²) in [4.78, 5) is 7.74. The molecule has 2 heterocycles. The van der Waals surface area contributed by atoms with Crippen LogP contribution in [-0.2, 0) is 0 Å². The molecule has 0 spiro atoms. The maximum Gasteiger partial charge on any atom is 0.163 e. The summed E-state index contributed by atoms with van der Waals surface area (Å²) in [7, 11) is 0. The van der Waals surface area contributed by atoms with Crippen LogP contribution in [0.3, 0.4) is 0 Å². The molecule has 2 aromatic rings. The lowest BCUT2D eigenvalue weighted by Gasteiger charge is -1.90. The van der Waals surface area contributed by atoms with Crippen LogP contribution in [0.15, 0.2) is 6.33 Å². The van der Waals surface area contributed by atoms with Crippen LogP contribution in [0.4, 0.5) is 11.6 Å². The SMILES string of the molecule is Nc1nsc2c(N)ncnc12. The number of fused-ring (bicyclic) bond motifs is 1. The smallest absolute Gasteiger partial charge is 0.163 e. The molecule has 5 nitrogen and oxygen atoms in total. The first-order valence-corrected chi connectivity index (χ1v) is 3.67. The Kier molecular flexibility index (Phi) is 1.16. The van der Waals surface area contributed by atoms with E-state index < -0.39 is 0 Å². The molecule has 0 atom stereocenters. The number of nitrogens with two attached hydrogens (primary N) is 2. The molecule has 4 N–H and O–H groups in total. The van der Waals surface area contributed by atoms with Gasteiger partial charge in [0.25, 0.3) is 0 Å². The van der Waals surface area contributed by atoms with Gasteiger partial charge in [-0.05, 0) is 11.5 Å². The van der Waals surface area contributed by atoms with Gasteiger partial charge in [-0.15, -0.1) is 0 Å². The molecule has 0 aliphatic heterocycles. The van der Waals surface area contributed by atoms with Crippen molar-refractivity contribution < 1.29 is 0 Å². The Hall–Kier alpha value is -1.43. The van der Waals surface area contributed by atoms with Crippen LogP contribution in [0.25, 0.3) is 10.2 Å². The van der Waals surface area contributed by atoms with Gasteiger partial charge in [0.05, 0.1) is 0 Å². The van der Waals surface area contributed by atoms with E-state index >= 15 is 0 Å². The standard InChI is InChI=1S/C5H5N5S/c6-4-2-3(11-10-4)5(7)9-1-8-2/h1H,(H2,6,10)(H2,7,8,9). The van der Waals surface area contributed by atoms with Crippen molar-refractivity contribution >= 4 is 33.4 Å². The summed E-state index contributed by atoms with van der Waals surface area (Å²) in [6.07, 6.45) is 1.38. The molecule has 6 heteroatoms. The largest absolute Gasteiger partial charge is 0.382 e. The van der Waals surface area contributed by atoms with Gasteiger partial charge in [0, 0.05) is 0 Å². The summed E-state index contributed by atoms with van der Waals surface area (Å²) in [6, 6.07) is 0. The summed E-state index contributed by atoms with van der Waals surface area (Å²) < 4.78 is 4.65. The predicted octanol–water partition coefficient (Wildman–Crippen LogP) is 0.251. The number of anilines is 2. The minimum Gasteiger partial charge on any atom is -0.382 e. The van der Waals surface area contributed by atoms with Crippen LogP contribution in [0, 0.1) is 0 Å². The molecule has 56 valence electrons.